The van der Waals surface area contributed by atoms with E-state index in [2.05, 4.69) is 17.2 Å². The number of rotatable bonds is 6. The Morgan fingerprint density at radius 1 is 1.50 bits per heavy atom. The van der Waals surface area contributed by atoms with Crippen LogP contribution in [0.4, 0.5) is 10.8 Å². The minimum Gasteiger partial charge on any atom is -0.462 e. The summed E-state index contributed by atoms with van der Waals surface area (Å²) in [4.78, 5) is 40.6. The van der Waals surface area contributed by atoms with E-state index in [1.165, 1.54) is 15.9 Å². The molecule has 28 heavy (non-hydrogen) atoms. The first kappa shape index (κ1) is 20.0. The number of amides is 1. The molecule has 2 heterocycles. The summed E-state index contributed by atoms with van der Waals surface area (Å²) in [6.07, 6.45) is 3.72. The first-order valence-corrected chi connectivity index (χ1v) is 9.91. The number of esters is 1. The second-order valence-corrected chi connectivity index (χ2v) is 7.94. The monoisotopic (exact) mass is 406 g/mol. The van der Waals surface area contributed by atoms with Crippen LogP contribution in [0, 0.1) is 23.0 Å². The minimum absolute atomic E-state index is 0.244. The predicted molar refractivity (Wildman–Crippen MR) is 104 cm³/mol. The van der Waals surface area contributed by atoms with Gasteiger partial charge in [0.15, 0.2) is 12.4 Å². The molecule has 3 rings (SSSR count). The molecule has 0 fully saturated rings. The highest BCUT2D eigenvalue weighted by Crippen LogP contribution is 2.40. The molecule has 1 unspecified atom stereocenters. The number of imidazole rings is 1. The second kappa shape index (κ2) is 8.09. The predicted octanol–water partition coefficient (Wildman–Crippen LogP) is 3.10. The Labute approximate surface area is 165 Å². The number of anilines is 1. The summed E-state index contributed by atoms with van der Waals surface area (Å²) in [6.45, 7) is 5.47. The van der Waals surface area contributed by atoms with Crippen LogP contribution in [0.1, 0.15) is 46.9 Å². The van der Waals surface area contributed by atoms with Crippen molar-refractivity contribution in [2.45, 2.75) is 46.6 Å². The molecule has 0 aromatic carbocycles. The maximum atomic E-state index is 12.6. The van der Waals surface area contributed by atoms with E-state index in [-0.39, 0.29) is 19.0 Å². The fourth-order valence-electron chi connectivity index (χ4n) is 3.37. The zero-order valence-electron chi connectivity index (χ0n) is 16.0. The third-order valence-electron chi connectivity index (χ3n) is 4.77. The lowest BCUT2D eigenvalue weighted by Gasteiger charge is -2.18. The van der Waals surface area contributed by atoms with Gasteiger partial charge in [-0.2, -0.15) is 0 Å². The van der Waals surface area contributed by atoms with Gasteiger partial charge in [-0.1, -0.05) is 6.92 Å². The van der Waals surface area contributed by atoms with Crippen LogP contribution in [0.3, 0.4) is 0 Å². The average Bonchev–Trinajstić information content (AvgIpc) is 3.15. The van der Waals surface area contributed by atoms with Crippen LogP contribution in [0.25, 0.3) is 0 Å². The third kappa shape index (κ3) is 3.91. The van der Waals surface area contributed by atoms with E-state index >= 15 is 0 Å². The fourth-order valence-corrected chi connectivity index (χ4v) is 4.78. The Bertz CT molecular complexity index is 933. The normalized spacial score (nSPS) is 15.8. The number of fused-ring (bicyclic) bond motifs is 1. The summed E-state index contributed by atoms with van der Waals surface area (Å²) in [7, 11) is 0. The molecule has 1 aliphatic carbocycles. The number of aryl methyl sites for hydroxylation is 1. The van der Waals surface area contributed by atoms with Crippen LogP contribution in [-0.2, 0) is 28.9 Å². The quantitative estimate of drug-likeness (QED) is 0.448. The van der Waals surface area contributed by atoms with E-state index in [0.717, 1.165) is 35.9 Å². The zero-order chi connectivity index (χ0) is 20.4. The lowest BCUT2D eigenvalue weighted by molar-refractivity contribution is -0.392. The van der Waals surface area contributed by atoms with Crippen molar-refractivity contribution in [1.29, 1.82) is 0 Å². The minimum atomic E-state index is -0.581. The highest BCUT2D eigenvalue weighted by Gasteiger charge is 2.30. The van der Waals surface area contributed by atoms with Gasteiger partial charge in [0.05, 0.1) is 12.2 Å². The summed E-state index contributed by atoms with van der Waals surface area (Å²) in [5.74, 6) is -0.277. The molecule has 10 heteroatoms. The van der Waals surface area contributed by atoms with E-state index in [4.69, 9.17) is 4.74 Å². The van der Waals surface area contributed by atoms with Gasteiger partial charge in [0.1, 0.15) is 11.2 Å². The molecule has 1 amide bonds. The molecule has 1 aliphatic rings. The number of ether oxygens (including phenoxy) is 1. The molecule has 0 radical (unpaired) electrons. The van der Waals surface area contributed by atoms with Gasteiger partial charge < -0.3 is 20.2 Å². The van der Waals surface area contributed by atoms with Crippen molar-refractivity contribution in [3.05, 3.63) is 38.1 Å². The standard InChI is InChI=1S/C18H22N4O5S/c1-4-27-18(24)16-12-6-5-10(2)7-13(12)28-17(16)20-14(23)9-21-11(3)19-8-15(21)22(25)26/h8,10H,4-7,9H2,1-3H3,(H,20,23). The number of hydrogen-bond donors (Lipinski definition) is 1. The molecule has 1 atom stereocenters. The number of nitro groups is 1. The first-order valence-electron chi connectivity index (χ1n) is 9.09. The Morgan fingerprint density at radius 2 is 2.25 bits per heavy atom. The van der Waals surface area contributed by atoms with Crippen LogP contribution in [0.5, 0.6) is 0 Å². The van der Waals surface area contributed by atoms with Gasteiger partial charge in [0.25, 0.3) is 5.91 Å². The number of hydrogen-bond acceptors (Lipinski definition) is 7. The summed E-state index contributed by atoms with van der Waals surface area (Å²) >= 11 is 1.38. The smallest absolute Gasteiger partial charge is 0.343 e. The van der Waals surface area contributed by atoms with E-state index in [1.807, 2.05) is 0 Å². The highest BCUT2D eigenvalue weighted by atomic mass is 32.1. The van der Waals surface area contributed by atoms with Crippen molar-refractivity contribution in [3.63, 3.8) is 0 Å². The van der Waals surface area contributed by atoms with E-state index < -0.39 is 16.8 Å². The van der Waals surface area contributed by atoms with Gasteiger partial charge in [-0.3, -0.25) is 4.79 Å². The number of nitrogens with one attached hydrogen (secondary N) is 1. The Kier molecular flexibility index (Phi) is 5.78. The molecular formula is C18H22N4O5S. The molecule has 0 saturated carbocycles. The SMILES string of the molecule is CCOC(=O)c1c(NC(=O)Cn2c([N+](=O)[O-])cnc2C)sc2c1CCC(C)C2. The van der Waals surface area contributed by atoms with E-state index in [1.54, 1.807) is 13.8 Å². The highest BCUT2D eigenvalue weighted by molar-refractivity contribution is 7.17. The molecule has 9 nitrogen and oxygen atoms in total. The maximum Gasteiger partial charge on any atom is 0.343 e. The number of aromatic nitrogens is 2. The maximum absolute atomic E-state index is 12.6. The fraction of sp³-hybridized carbons (Fsp3) is 0.500. The average molecular weight is 406 g/mol. The lowest BCUT2D eigenvalue weighted by Crippen LogP contribution is -2.21. The molecule has 0 aliphatic heterocycles. The first-order chi connectivity index (χ1) is 13.3. The lowest BCUT2D eigenvalue weighted by atomic mass is 9.88. The Balaban J connectivity index is 1.87. The van der Waals surface area contributed by atoms with Gasteiger partial charge in [0, 0.05) is 11.8 Å². The molecule has 0 saturated heterocycles. The summed E-state index contributed by atoms with van der Waals surface area (Å²) < 4.78 is 6.42. The van der Waals surface area contributed by atoms with Crippen LogP contribution in [-0.4, -0.2) is 33.0 Å². The number of nitrogens with zero attached hydrogens (tertiary/aromatic N) is 3. The van der Waals surface area contributed by atoms with E-state index in [9.17, 15) is 19.7 Å². The summed E-state index contributed by atoms with van der Waals surface area (Å²) in [6, 6.07) is 0. The second-order valence-electron chi connectivity index (χ2n) is 6.83. The molecule has 0 bridgehead atoms. The Hall–Kier alpha value is -2.75. The summed E-state index contributed by atoms with van der Waals surface area (Å²) in [5, 5.41) is 14.3. The third-order valence-corrected chi connectivity index (χ3v) is 5.94. The number of carbonyl (C=O) groups excluding carboxylic acids is 2. The zero-order valence-corrected chi connectivity index (χ0v) is 16.8. The van der Waals surface area contributed by atoms with Gasteiger partial charge in [-0.15, -0.1) is 11.3 Å². The number of carbonyl (C=O) groups is 2. The van der Waals surface area contributed by atoms with Gasteiger partial charge in [-0.05, 0) is 42.6 Å². The van der Waals surface area contributed by atoms with Crippen molar-refractivity contribution in [3.8, 4) is 0 Å². The van der Waals surface area contributed by atoms with Gasteiger partial charge in [-0.25, -0.2) is 14.3 Å². The van der Waals surface area contributed by atoms with Crippen molar-refractivity contribution < 1.29 is 19.2 Å². The van der Waals surface area contributed by atoms with Gasteiger partial charge in [0.2, 0.25) is 0 Å². The molecule has 2 aromatic rings. The molecule has 1 N–H and O–H groups in total. The van der Waals surface area contributed by atoms with Crippen LogP contribution >= 0.6 is 11.3 Å². The topological polar surface area (TPSA) is 116 Å². The van der Waals surface area contributed by atoms with Crippen LogP contribution in [0.15, 0.2) is 6.20 Å². The van der Waals surface area contributed by atoms with Crippen LogP contribution in [0.2, 0.25) is 0 Å². The molecule has 0 spiro atoms. The number of thiophene rings is 1. The van der Waals surface area contributed by atoms with Crippen molar-refractivity contribution in [1.82, 2.24) is 9.55 Å². The van der Waals surface area contributed by atoms with Gasteiger partial charge >= 0.3 is 11.8 Å². The largest absolute Gasteiger partial charge is 0.462 e. The summed E-state index contributed by atoms with van der Waals surface area (Å²) in [5.41, 5.74) is 1.36. The van der Waals surface area contributed by atoms with E-state index in [0.29, 0.717) is 22.3 Å². The molecule has 150 valence electrons. The van der Waals surface area contributed by atoms with Crippen LogP contribution < -0.4 is 5.32 Å². The molecular weight excluding hydrogens is 384 g/mol. The molecule has 2 aromatic heterocycles. The van der Waals surface area contributed by atoms with Crippen molar-refractivity contribution in [2.24, 2.45) is 5.92 Å². The van der Waals surface area contributed by atoms with Crippen molar-refractivity contribution >= 4 is 34.0 Å². The van der Waals surface area contributed by atoms with Crippen molar-refractivity contribution in [2.75, 3.05) is 11.9 Å². The Morgan fingerprint density at radius 3 is 2.93 bits per heavy atom.